The average molecular weight is 242 g/mol. The number of aromatic hydroxyl groups is 1. The Kier molecular flexibility index (Phi) is 3.32. The van der Waals surface area contributed by atoms with Gasteiger partial charge in [-0.25, -0.2) is 0 Å². The summed E-state index contributed by atoms with van der Waals surface area (Å²) in [5.41, 5.74) is 9.55. The van der Waals surface area contributed by atoms with E-state index in [0.29, 0.717) is 0 Å². The van der Waals surface area contributed by atoms with Crippen LogP contribution in [0.4, 0.5) is 17.5 Å². The first-order chi connectivity index (χ1) is 7.76. The second kappa shape index (κ2) is 4.37. The Bertz CT molecular complexity index is 447. The highest BCUT2D eigenvalue weighted by molar-refractivity contribution is 5.64. The first-order valence-corrected chi connectivity index (χ1v) is 4.76. The van der Waals surface area contributed by atoms with Crippen LogP contribution in [-0.2, 0) is 0 Å². The van der Waals surface area contributed by atoms with Gasteiger partial charge in [-0.3, -0.25) is 10.1 Å². The topological polar surface area (TPSA) is 153 Å². The third-order valence-corrected chi connectivity index (χ3v) is 2.03. The zero-order valence-electron chi connectivity index (χ0n) is 9.47. The van der Waals surface area contributed by atoms with Crippen molar-refractivity contribution in [1.82, 2.24) is 9.97 Å². The van der Waals surface area contributed by atoms with Crippen molar-refractivity contribution in [3.8, 4) is 5.88 Å². The summed E-state index contributed by atoms with van der Waals surface area (Å²) in [5, 5.41) is 22.9. The summed E-state index contributed by atoms with van der Waals surface area (Å²) in [6, 6.07) is 0. The van der Waals surface area contributed by atoms with Crippen LogP contribution >= 0.6 is 0 Å². The molecule has 0 radical (unpaired) electrons. The molecule has 0 fully saturated rings. The molecule has 0 spiro atoms. The fraction of sp³-hybridized carbons (Fsp3) is 0.500. The smallest absolute Gasteiger partial charge is 0.372 e. The number of rotatable bonds is 4. The Balaban J connectivity index is 3.26. The Morgan fingerprint density at radius 2 is 2.12 bits per heavy atom. The van der Waals surface area contributed by atoms with E-state index in [9.17, 15) is 15.2 Å². The Hall–Kier alpha value is -2.16. The predicted molar refractivity (Wildman–Crippen MR) is 61.5 cm³/mol. The first kappa shape index (κ1) is 12.9. The lowest BCUT2D eigenvalue weighted by molar-refractivity contribution is -0.385. The largest absolute Gasteiger partial charge is 0.488 e. The van der Waals surface area contributed by atoms with Gasteiger partial charge < -0.3 is 21.9 Å². The van der Waals surface area contributed by atoms with Crippen molar-refractivity contribution in [1.29, 1.82) is 0 Å². The lowest BCUT2D eigenvalue weighted by Crippen LogP contribution is -2.39. The fourth-order valence-corrected chi connectivity index (χ4v) is 1.09. The van der Waals surface area contributed by atoms with E-state index in [0.717, 1.165) is 0 Å². The van der Waals surface area contributed by atoms with Crippen molar-refractivity contribution in [3.63, 3.8) is 0 Å². The normalized spacial score (nSPS) is 11.2. The number of anilines is 2. The quantitative estimate of drug-likeness (QED) is 0.419. The van der Waals surface area contributed by atoms with E-state index >= 15 is 0 Å². The van der Waals surface area contributed by atoms with Gasteiger partial charge in [0.05, 0.1) is 4.92 Å². The lowest BCUT2D eigenvalue weighted by atomic mass is 10.1. The molecule has 0 saturated carbocycles. The van der Waals surface area contributed by atoms with Gasteiger partial charge in [0, 0.05) is 12.1 Å². The summed E-state index contributed by atoms with van der Waals surface area (Å²) in [7, 11) is 0. The van der Waals surface area contributed by atoms with Gasteiger partial charge in [-0.05, 0) is 13.8 Å². The molecule has 94 valence electrons. The van der Waals surface area contributed by atoms with Gasteiger partial charge in [-0.2, -0.15) is 9.97 Å². The molecule has 1 rings (SSSR count). The number of aromatic nitrogens is 2. The van der Waals surface area contributed by atoms with E-state index in [-0.39, 0.29) is 18.3 Å². The van der Waals surface area contributed by atoms with Gasteiger partial charge in [0.1, 0.15) is 0 Å². The molecule has 1 heterocycles. The van der Waals surface area contributed by atoms with E-state index in [2.05, 4.69) is 15.3 Å². The summed E-state index contributed by atoms with van der Waals surface area (Å²) in [5.74, 6) is -1.20. The monoisotopic (exact) mass is 242 g/mol. The molecule has 0 unspecified atom stereocenters. The van der Waals surface area contributed by atoms with E-state index < -0.39 is 22.0 Å². The summed E-state index contributed by atoms with van der Waals surface area (Å²) in [4.78, 5) is 17.0. The van der Waals surface area contributed by atoms with Crippen molar-refractivity contribution in [2.45, 2.75) is 19.4 Å². The molecule has 0 aliphatic rings. The molecule has 1 aromatic heterocycles. The SMILES string of the molecule is CC(C)(CN)Nc1nc(N)nc(O)c1[N+](=O)[O-]. The van der Waals surface area contributed by atoms with Gasteiger partial charge in [-0.1, -0.05) is 0 Å². The minimum absolute atomic E-state index is 0.157. The number of nitrogens with zero attached hydrogens (tertiary/aromatic N) is 3. The molecule has 0 aliphatic carbocycles. The minimum Gasteiger partial charge on any atom is -0.488 e. The average Bonchev–Trinajstić information content (AvgIpc) is 2.14. The third-order valence-electron chi connectivity index (χ3n) is 2.03. The molecule has 6 N–H and O–H groups in total. The summed E-state index contributed by atoms with van der Waals surface area (Å²) in [6.45, 7) is 3.67. The van der Waals surface area contributed by atoms with Crippen LogP contribution < -0.4 is 16.8 Å². The molecular formula is C8H14N6O3. The van der Waals surface area contributed by atoms with Crippen molar-refractivity contribution >= 4 is 17.5 Å². The molecule has 0 saturated heterocycles. The lowest BCUT2D eigenvalue weighted by Gasteiger charge is -2.24. The second-order valence-electron chi connectivity index (χ2n) is 4.07. The molecule has 0 amide bonds. The highest BCUT2D eigenvalue weighted by Gasteiger charge is 2.28. The predicted octanol–water partition coefficient (Wildman–Crippen LogP) is -0.178. The number of nitrogen functional groups attached to an aromatic ring is 1. The summed E-state index contributed by atoms with van der Waals surface area (Å²) < 4.78 is 0. The molecular weight excluding hydrogens is 228 g/mol. The molecule has 0 aliphatic heterocycles. The number of nitro groups is 1. The van der Waals surface area contributed by atoms with Gasteiger partial charge in [0.2, 0.25) is 11.8 Å². The highest BCUT2D eigenvalue weighted by atomic mass is 16.6. The van der Waals surface area contributed by atoms with Crippen LogP contribution in [0.15, 0.2) is 0 Å². The molecule has 17 heavy (non-hydrogen) atoms. The Labute approximate surface area is 97.0 Å². The molecule has 0 atom stereocenters. The van der Waals surface area contributed by atoms with Crippen molar-refractivity contribution in [3.05, 3.63) is 10.1 Å². The zero-order valence-corrected chi connectivity index (χ0v) is 9.47. The molecule has 9 nitrogen and oxygen atoms in total. The standard InChI is InChI=1S/C8H14N6O3/c1-8(2,3-9)13-5-4(14(16)17)6(15)12-7(10)11-5/h3,9H2,1-2H3,(H4,10,11,12,13,15). The zero-order chi connectivity index (χ0) is 13.2. The van der Waals surface area contributed by atoms with E-state index in [1.807, 2.05) is 0 Å². The maximum Gasteiger partial charge on any atom is 0.372 e. The van der Waals surface area contributed by atoms with E-state index in [1.54, 1.807) is 13.8 Å². The van der Waals surface area contributed by atoms with Gasteiger partial charge in [0.25, 0.3) is 5.88 Å². The van der Waals surface area contributed by atoms with Crippen LogP contribution in [0.3, 0.4) is 0 Å². The number of nitrogens with one attached hydrogen (secondary N) is 1. The molecule has 0 bridgehead atoms. The maximum atomic E-state index is 10.8. The van der Waals surface area contributed by atoms with Crippen molar-refractivity contribution < 1.29 is 10.0 Å². The first-order valence-electron chi connectivity index (χ1n) is 4.76. The van der Waals surface area contributed by atoms with Crippen LogP contribution in [0, 0.1) is 10.1 Å². The highest BCUT2D eigenvalue weighted by Crippen LogP contribution is 2.32. The molecule has 9 heteroatoms. The summed E-state index contributed by atoms with van der Waals surface area (Å²) >= 11 is 0. The van der Waals surface area contributed by atoms with Gasteiger partial charge in [0.15, 0.2) is 0 Å². The van der Waals surface area contributed by atoms with Crippen molar-refractivity contribution in [2.75, 3.05) is 17.6 Å². The molecule has 0 aromatic carbocycles. The van der Waals surface area contributed by atoms with Gasteiger partial charge in [-0.15, -0.1) is 0 Å². The van der Waals surface area contributed by atoms with E-state index in [1.165, 1.54) is 0 Å². The van der Waals surface area contributed by atoms with Crippen LogP contribution in [0.5, 0.6) is 5.88 Å². The maximum absolute atomic E-state index is 10.8. The number of hydrogen-bond acceptors (Lipinski definition) is 8. The second-order valence-corrected chi connectivity index (χ2v) is 4.07. The van der Waals surface area contributed by atoms with Crippen LogP contribution in [0.2, 0.25) is 0 Å². The number of hydrogen-bond donors (Lipinski definition) is 4. The van der Waals surface area contributed by atoms with Crippen molar-refractivity contribution in [2.24, 2.45) is 5.73 Å². The molecule has 1 aromatic rings. The Morgan fingerprint density at radius 1 is 1.53 bits per heavy atom. The van der Waals surface area contributed by atoms with Crippen LogP contribution in [0.1, 0.15) is 13.8 Å². The van der Waals surface area contributed by atoms with Crippen LogP contribution in [-0.4, -0.2) is 32.1 Å². The minimum atomic E-state index is -0.788. The van der Waals surface area contributed by atoms with Crippen LogP contribution in [0.25, 0.3) is 0 Å². The van der Waals surface area contributed by atoms with Gasteiger partial charge >= 0.3 is 5.69 Å². The fourth-order valence-electron chi connectivity index (χ4n) is 1.09. The number of nitrogens with two attached hydrogens (primary N) is 2. The third kappa shape index (κ3) is 2.91. The van der Waals surface area contributed by atoms with E-state index in [4.69, 9.17) is 11.5 Å². The Morgan fingerprint density at radius 3 is 2.59 bits per heavy atom. The summed E-state index contributed by atoms with van der Waals surface area (Å²) in [6.07, 6.45) is 0.